The first kappa shape index (κ1) is 17.3. The monoisotopic (exact) mass is 361 g/mol. The molecule has 130 valence electrons. The first-order valence-electron chi connectivity index (χ1n) is 7.91. The molecule has 0 fully saturated rings. The lowest BCUT2D eigenvalue weighted by molar-refractivity contribution is -0.116. The zero-order chi connectivity index (χ0) is 17.6. The number of fused-ring (bicyclic) bond motifs is 1. The number of amides is 1. The number of hydrogen-bond donors (Lipinski definition) is 1. The molecule has 0 saturated heterocycles. The molecule has 2 aromatic carbocycles. The van der Waals surface area contributed by atoms with E-state index >= 15 is 0 Å². The van der Waals surface area contributed by atoms with Gasteiger partial charge in [-0.05, 0) is 47.9 Å². The quantitative estimate of drug-likeness (QED) is 0.827. The van der Waals surface area contributed by atoms with Gasteiger partial charge < -0.3 is 14.8 Å². The summed E-state index contributed by atoms with van der Waals surface area (Å²) in [7, 11) is 0. The van der Waals surface area contributed by atoms with E-state index < -0.39 is 0 Å². The molecule has 4 nitrogen and oxygen atoms in total. The van der Waals surface area contributed by atoms with Crippen LogP contribution in [0.3, 0.4) is 0 Å². The van der Waals surface area contributed by atoms with Crippen molar-refractivity contribution in [3.63, 3.8) is 0 Å². The van der Waals surface area contributed by atoms with Crippen LogP contribution in [-0.4, -0.2) is 25.7 Å². The summed E-state index contributed by atoms with van der Waals surface area (Å²) in [5, 5.41) is 3.24. The first-order chi connectivity index (χ1) is 12.1. The third-order valence-corrected chi connectivity index (χ3v) is 3.95. The Labute approximate surface area is 150 Å². The highest BCUT2D eigenvalue weighted by atomic mass is 35.5. The van der Waals surface area contributed by atoms with Crippen LogP contribution < -0.4 is 14.8 Å². The minimum atomic E-state index is -0.270. The SMILES string of the molecule is O=C(/C=C\c1cc(Cl)c2c(c1)OCCO2)NCCc1ccc(F)cc1. The third kappa shape index (κ3) is 4.73. The van der Waals surface area contributed by atoms with Crippen molar-refractivity contribution in [3.8, 4) is 11.5 Å². The lowest BCUT2D eigenvalue weighted by atomic mass is 10.1. The van der Waals surface area contributed by atoms with Gasteiger partial charge in [-0.25, -0.2) is 4.39 Å². The number of benzene rings is 2. The van der Waals surface area contributed by atoms with Crippen LogP contribution in [0.15, 0.2) is 42.5 Å². The highest BCUT2D eigenvalue weighted by Gasteiger charge is 2.15. The summed E-state index contributed by atoms with van der Waals surface area (Å²) in [4.78, 5) is 11.9. The molecule has 0 bridgehead atoms. The molecule has 3 rings (SSSR count). The molecular formula is C19H17ClFNO3. The van der Waals surface area contributed by atoms with Gasteiger partial charge in [-0.1, -0.05) is 23.7 Å². The Balaban J connectivity index is 1.54. The van der Waals surface area contributed by atoms with E-state index in [9.17, 15) is 9.18 Å². The molecule has 0 radical (unpaired) electrons. The van der Waals surface area contributed by atoms with Crippen molar-refractivity contribution in [2.24, 2.45) is 0 Å². The molecule has 0 saturated carbocycles. The summed E-state index contributed by atoms with van der Waals surface area (Å²) >= 11 is 6.16. The molecule has 1 N–H and O–H groups in total. The lowest BCUT2D eigenvalue weighted by Crippen LogP contribution is -2.23. The molecule has 0 unspecified atom stereocenters. The van der Waals surface area contributed by atoms with Gasteiger partial charge in [0, 0.05) is 12.6 Å². The predicted molar refractivity (Wildman–Crippen MR) is 94.6 cm³/mol. The van der Waals surface area contributed by atoms with Crippen LogP contribution in [0.4, 0.5) is 4.39 Å². The number of halogens is 2. The average molecular weight is 362 g/mol. The molecule has 0 spiro atoms. The maximum Gasteiger partial charge on any atom is 0.244 e. The third-order valence-electron chi connectivity index (χ3n) is 3.67. The van der Waals surface area contributed by atoms with E-state index in [1.165, 1.54) is 18.2 Å². The summed E-state index contributed by atoms with van der Waals surface area (Å²) in [5.41, 5.74) is 1.72. The van der Waals surface area contributed by atoms with Gasteiger partial charge in [-0.3, -0.25) is 4.79 Å². The largest absolute Gasteiger partial charge is 0.486 e. The van der Waals surface area contributed by atoms with Crippen LogP contribution in [0.5, 0.6) is 11.5 Å². The first-order valence-corrected chi connectivity index (χ1v) is 8.29. The van der Waals surface area contributed by atoms with Gasteiger partial charge in [0.25, 0.3) is 0 Å². The van der Waals surface area contributed by atoms with Crippen molar-refractivity contribution in [2.45, 2.75) is 6.42 Å². The molecule has 1 heterocycles. The smallest absolute Gasteiger partial charge is 0.244 e. The average Bonchev–Trinajstić information content (AvgIpc) is 2.62. The second-order valence-corrected chi connectivity index (χ2v) is 5.93. The standard InChI is InChI=1S/C19H17ClFNO3/c20-16-11-14(12-17-19(16)25-10-9-24-17)3-6-18(23)22-8-7-13-1-4-15(21)5-2-13/h1-6,11-12H,7-10H2,(H,22,23)/b6-3-. The summed E-state index contributed by atoms with van der Waals surface area (Å²) in [5.74, 6) is 0.630. The molecule has 25 heavy (non-hydrogen) atoms. The lowest BCUT2D eigenvalue weighted by Gasteiger charge is -2.19. The fraction of sp³-hybridized carbons (Fsp3) is 0.211. The summed E-state index contributed by atoms with van der Waals surface area (Å²) in [6.45, 7) is 1.41. The number of hydrogen-bond acceptors (Lipinski definition) is 3. The molecule has 1 aliphatic rings. The van der Waals surface area contributed by atoms with Crippen LogP contribution in [0.25, 0.3) is 6.08 Å². The number of carbonyl (C=O) groups is 1. The van der Waals surface area contributed by atoms with E-state index in [1.54, 1.807) is 30.3 Å². The van der Waals surface area contributed by atoms with Crippen LogP contribution in [0.2, 0.25) is 5.02 Å². The van der Waals surface area contributed by atoms with E-state index in [1.807, 2.05) is 0 Å². The van der Waals surface area contributed by atoms with Gasteiger partial charge in [-0.2, -0.15) is 0 Å². The molecule has 1 aliphatic heterocycles. The molecule has 1 amide bonds. The zero-order valence-corrected chi connectivity index (χ0v) is 14.2. The van der Waals surface area contributed by atoms with Gasteiger partial charge >= 0.3 is 0 Å². The number of nitrogens with one attached hydrogen (secondary N) is 1. The molecule has 6 heteroatoms. The van der Waals surface area contributed by atoms with E-state index in [0.29, 0.717) is 42.7 Å². The Hall–Kier alpha value is -2.53. The highest BCUT2D eigenvalue weighted by molar-refractivity contribution is 6.32. The topological polar surface area (TPSA) is 47.6 Å². The van der Waals surface area contributed by atoms with Gasteiger partial charge in [0.1, 0.15) is 19.0 Å². The summed E-state index contributed by atoms with van der Waals surface area (Å²) in [6.07, 6.45) is 3.74. The van der Waals surface area contributed by atoms with Crippen molar-refractivity contribution in [1.29, 1.82) is 0 Å². The molecule has 0 aliphatic carbocycles. The van der Waals surface area contributed by atoms with Crippen LogP contribution in [0.1, 0.15) is 11.1 Å². The Bertz CT molecular complexity index is 790. The Morgan fingerprint density at radius 2 is 1.96 bits per heavy atom. The van der Waals surface area contributed by atoms with Crippen LogP contribution >= 0.6 is 11.6 Å². The molecule has 0 atom stereocenters. The zero-order valence-electron chi connectivity index (χ0n) is 13.4. The maximum atomic E-state index is 12.8. The van der Waals surface area contributed by atoms with Crippen LogP contribution in [0, 0.1) is 5.82 Å². The predicted octanol–water partition coefficient (Wildman–Crippen LogP) is 3.62. The summed E-state index contributed by atoms with van der Waals surface area (Å²) in [6, 6.07) is 9.72. The second-order valence-electron chi connectivity index (χ2n) is 5.53. The number of carbonyl (C=O) groups excluding carboxylic acids is 1. The van der Waals surface area contributed by atoms with Crippen molar-refractivity contribution >= 4 is 23.6 Å². The fourth-order valence-corrected chi connectivity index (χ4v) is 2.71. The molecule has 2 aromatic rings. The summed E-state index contributed by atoms with van der Waals surface area (Å²) < 4.78 is 23.8. The Morgan fingerprint density at radius 1 is 1.20 bits per heavy atom. The maximum absolute atomic E-state index is 12.8. The van der Waals surface area contributed by atoms with Crippen LogP contribution in [-0.2, 0) is 11.2 Å². The van der Waals surface area contributed by atoms with Gasteiger partial charge in [0.2, 0.25) is 5.91 Å². The van der Waals surface area contributed by atoms with Crippen molar-refractivity contribution < 1.29 is 18.7 Å². The molecule has 0 aromatic heterocycles. The van der Waals surface area contributed by atoms with Gasteiger partial charge in [0.05, 0.1) is 5.02 Å². The van der Waals surface area contributed by atoms with Crippen molar-refractivity contribution in [2.75, 3.05) is 19.8 Å². The normalized spacial score (nSPS) is 13.0. The Morgan fingerprint density at radius 3 is 2.76 bits per heavy atom. The number of rotatable bonds is 5. The number of ether oxygens (including phenoxy) is 2. The Kier molecular flexibility index (Phi) is 5.56. The van der Waals surface area contributed by atoms with E-state index in [2.05, 4.69) is 5.32 Å². The van der Waals surface area contributed by atoms with Crippen molar-refractivity contribution in [3.05, 3.63) is 64.4 Å². The minimum absolute atomic E-state index is 0.215. The van der Waals surface area contributed by atoms with E-state index in [0.717, 1.165) is 11.1 Å². The van der Waals surface area contributed by atoms with Crippen molar-refractivity contribution in [1.82, 2.24) is 5.32 Å². The fourth-order valence-electron chi connectivity index (χ4n) is 2.44. The molecular weight excluding hydrogens is 345 g/mol. The minimum Gasteiger partial charge on any atom is -0.486 e. The highest BCUT2D eigenvalue weighted by Crippen LogP contribution is 2.38. The van der Waals surface area contributed by atoms with E-state index in [-0.39, 0.29) is 11.7 Å². The second kappa shape index (κ2) is 8.03. The van der Waals surface area contributed by atoms with E-state index in [4.69, 9.17) is 21.1 Å². The van der Waals surface area contributed by atoms with Gasteiger partial charge in [-0.15, -0.1) is 0 Å². The van der Waals surface area contributed by atoms with Gasteiger partial charge in [0.15, 0.2) is 11.5 Å².